The lowest BCUT2D eigenvalue weighted by Crippen LogP contribution is -2.52. The first-order chi connectivity index (χ1) is 10.7. The van der Waals surface area contributed by atoms with Crippen LogP contribution in [-0.2, 0) is 14.4 Å². The van der Waals surface area contributed by atoms with Gasteiger partial charge in [-0.2, -0.15) is 13.2 Å². The number of carbonyl (C=O) groups excluding carboxylic acids is 3. The van der Waals surface area contributed by atoms with E-state index in [1.54, 1.807) is 6.92 Å². The lowest BCUT2D eigenvalue weighted by molar-refractivity contribution is -0.136. The molecule has 1 heterocycles. The lowest BCUT2D eigenvalue weighted by Gasteiger charge is -2.22. The van der Waals surface area contributed by atoms with Gasteiger partial charge in [0.1, 0.15) is 6.04 Å². The van der Waals surface area contributed by atoms with Crippen molar-refractivity contribution in [3.05, 3.63) is 22.0 Å². The summed E-state index contributed by atoms with van der Waals surface area (Å²) in [6.07, 6.45) is -1.94. The molecule has 0 bridgehead atoms. The number of piperidine rings is 1. The largest absolute Gasteiger partial charge is 0.422 e. The van der Waals surface area contributed by atoms with Crippen LogP contribution in [0.1, 0.15) is 33.1 Å². The van der Waals surface area contributed by atoms with E-state index in [1.165, 1.54) is 13.0 Å². The molecule has 1 fully saturated rings. The first-order valence-corrected chi connectivity index (χ1v) is 7.76. The molecule has 0 aromatic heterocycles. The van der Waals surface area contributed by atoms with Crippen molar-refractivity contribution < 1.29 is 27.6 Å². The molecular formula is C14H17F3N2O3S. The second-order valence-electron chi connectivity index (χ2n) is 4.71. The van der Waals surface area contributed by atoms with Gasteiger partial charge in [0.25, 0.3) is 5.91 Å². The molecular weight excluding hydrogens is 333 g/mol. The predicted molar refractivity (Wildman–Crippen MR) is 80.1 cm³/mol. The molecule has 0 aromatic rings. The predicted octanol–water partition coefficient (Wildman–Crippen LogP) is 2.40. The van der Waals surface area contributed by atoms with E-state index in [2.05, 4.69) is 10.6 Å². The van der Waals surface area contributed by atoms with Crippen LogP contribution in [-0.4, -0.2) is 29.9 Å². The van der Waals surface area contributed by atoms with Crippen LogP contribution < -0.4 is 10.6 Å². The zero-order valence-corrected chi connectivity index (χ0v) is 13.4. The highest BCUT2D eigenvalue weighted by Crippen LogP contribution is 2.38. The first kappa shape index (κ1) is 19.3. The maximum absolute atomic E-state index is 12.9. The fourth-order valence-electron chi connectivity index (χ4n) is 1.82. The van der Waals surface area contributed by atoms with E-state index in [0.717, 1.165) is 6.08 Å². The third kappa shape index (κ3) is 5.74. The third-order valence-electron chi connectivity index (χ3n) is 2.92. The lowest BCUT2D eigenvalue weighted by atomic mass is 10.1. The number of rotatable bonds is 5. The van der Waals surface area contributed by atoms with E-state index in [0.29, 0.717) is 11.8 Å². The van der Waals surface area contributed by atoms with Crippen molar-refractivity contribution in [2.45, 2.75) is 45.3 Å². The molecule has 23 heavy (non-hydrogen) atoms. The number of carbonyl (C=O) groups is 3. The number of allylic oxidation sites excluding steroid dienone is 3. The Labute approximate surface area is 135 Å². The molecule has 1 unspecified atom stereocenters. The Hall–Kier alpha value is -1.77. The number of thioether (sulfide) groups is 1. The summed E-state index contributed by atoms with van der Waals surface area (Å²) < 4.78 is 38.6. The molecule has 9 heteroatoms. The molecule has 1 aliphatic heterocycles. The van der Waals surface area contributed by atoms with Crippen molar-refractivity contribution in [2.75, 3.05) is 0 Å². The highest BCUT2D eigenvalue weighted by molar-refractivity contribution is 8.07. The van der Waals surface area contributed by atoms with Crippen molar-refractivity contribution in [1.29, 1.82) is 0 Å². The van der Waals surface area contributed by atoms with Crippen LogP contribution in [0.4, 0.5) is 13.2 Å². The van der Waals surface area contributed by atoms with Gasteiger partial charge in [-0.1, -0.05) is 30.8 Å². The average molecular weight is 350 g/mol. The Balaban J connectivity index is 2.78. The SMILES string of the molecule is C/C=C(\S/C(=C/CC)C(F)(F)F)C(=O)NC1CCC(=O)NC1=O. The van der Waals surface area contributed by atoms with E-state index < -0.39 is 34.8 Å². The zero-order chi connectivity index (χ0) is 17.6. The van der Waals surface area contributed by atoms with Crippen molar-refractivity contribution >= 4 is 29.5 Å². The summed E-state index contributed by atoms with van der Waals surface area (Å²) in [4.78, 5) is 33.6. The smallest absolute Gasteiger partial charge is 0.340 e. The summed E-state index contributed by atoms with van der Waals surface area (Å²) >= 11 is 0.306. The van der Waals surface area contributed by atoms with Crippen molar-refractivity contribution in [3.63, 3.8) is 0 Å². The summed E-state index contributed by atoms with van der Waals surface area (Å²) in [7, 11) is 0. The van der Waals surface area contributed by atoms with Gasteiger partial charge in [-0.25, -0.2) is 0 Å². The number of hydrogen-bond acceptors (Lipinski definition) is 4. The van der Waals surface area contributed by atoms with Gasteiger partial charge in [0.2, 0.25) is 11.8 Å². The molecule has 0 saturated carbocycles. The maximum Gasteiger partial charge on any atom is 0.422 e. The van der Waals surface area contributed by atoms with E-state index in [1.807, 2.05) is 0 Å². The fourth-order valence-corrected chi connectivity index (χ4v) is 2.69. The summed E-state index contributed by atoms with van der Waals surface area (Å²) in [6, 6.07) is -0.930. The number of hydrogen-bond donors (Lipinski definition) is 2. The van der Waals surface area contributed by atoms with Crippen LogP contribution in [0.15, 0.2) is 22.0 Å². The molecule has 5 nitrogen and oxygen atoms in total. The average Bonchev–Trinajstić information content (AvgIpc) is 2.45. The highest BCUT2D eigenvalue weighted by atomic mass is 32.2. The summed E-state index contributed by atoms with van der Waals surface area (Å²) in [5, 5.41) is 4.42. The number of nitrogens with one attached hydrogen (secondary N) is 2. The van der Waals surface area contributed by atoms with Crippen LogP contribution in [0.3, 0.4) is 0 Å². The van der Waals surface area contributed by atoms with Gasteiger partial charge in [0, 0.05) is 6.42 Å². The van der Waals surface area contributed by atoms with E-state index >= 15 is 0 Å². The molecule has 3 amide bonds. The fraction of sp³-hybridized carbons (Fsp3) is 0.500. The second kappa shape index (κ2) is 8.19. The van der Waals surface area contributed by atoms with Gasteiger partial charge in [-0.3, -0.25) is 19.7 Å². The molecule has 0 spiro atoms. The normalized spacial score (nSPS) is 20.3. The molecule has 1 aliphatic rings. The van der Waals surface area contributed by atoms with Crippen LogP contribution in [0.25, 0.3) is 0 Å². The molecule has 128 valence electrons. The van der Waals surface area contributed by atoms with Gasteiger partial charge >= 0.3 is 6.18 Å². The Morgan fingerprint density at radius 3 is 2.57 bits per heavy atom. The van der Waals surface area contributed by atoms with Crippen LogP contribution in [0, 0.1) is 0 Å². The Kier molecular flexibility index (Phi) is 6.86. The van der Waals surface area contributed by atoms with Crippen LogP contribution >= 0.6 is 11.8 Å². The van der Waals surface area contributed by atoms with Gasteiger partial charge in [0.05, 0.1) is 9.81 Å². The molecule has 1 saturated heterocycles. The molecule has 0 radical (unpaired) electrons. The molecule has 2 N–H and O–H groups in total. The molecule has 1 atom stereocenters. The van der Waals surface area contributed by atoms with Gasteiger partial charge < -0.3 is 5.32 Å². The topological polar surface area (TPSA) is 75.3 Å². The molecule has 1 rings (SSSR count). The van der Waals surface area contributed by atoms with Crippen LogP contribution in [0.2, 0.25) is 0 Å². The zero-order valence-electron chi connectivity index (χ0n) is 12.6. The Morgan fingerprint density at radius 1 is 1.43 bits per heavy atom. The van der Waals surface area contributed by atoms with E-state index in [9.17, 15) is 27.6 Å². The number of alkyl halides is 3. The van der Waals surface area contributed by atoms with Crippen molar-refractivity contribution in [1.82, 2.24) is 10.6 Å². The van der Waals surface area contributed by atoms with E-state index in [-0.39, 0.29) is 24.2 Å². The monoisotopic (exact) mass is 350 g/mol. The van der Waals surface area contributed by atoms with Gasteiger partial charge in [-0.05, 0) is 19.8 Å². The Morgan fingerprint density at radius 2 is 2.09 bits per heavy atom. The van der Waals surface area contributed by atoms with Crippen molar-refractivity contribution in [2.24, 2.45) is 0 Å². The van der Waals surface area contributed by atoms with Gasteiger partial charge in [-0.15, -0.1) is 0 Å². The minimum absolute atomic E-state index is 0.0680. The minimum Gasteiger partial charge on any atom is -0.340 e. The summed E-state index contributed by atoms with van der Waals surface area (Å²) in [5.74, 6) is -1.88. The van der Waals surface area contributed by atoms with Gasteiger partial charge in [0.15, 0.2) is 0 Å². The Bertz CT molecular complexity index is 556. The van der Waals surface area contributed by atoms with Crippen LogP contribution in [0.5, 0.6) is 0 Å². The molecule has 0 aromatic carbocycles. The number of imide groups is 1. The third-order valence-corrected chi connectivity index (χ3v) is 4.18. The highest BCUT2D eigenvalue weighted by Gasteiger charge is 2.36. The number of halogens is 3. The summed E-state index contributed by atoms with van der Waals surface area (Å²) in [6.45, 7) is 3.00. The number of amides is 3. The first-order valence-electron chi connectivity index (χ1n) is 6.95. The van der Waals surface area contributed by atoms with Crippen molar-refractivity contribution in [3.8, 4) is 0 Å². The quantitative estimate of drug-likeness (QED) is 0.590. The minimum atomic E-state index is -4.55. The van der Waals surface area contributed by atoms with E-state index in [4.69, 9.17) is 0 Å². The maximum atomic E-state index is 12.9. The standard InChI is InChI=1S/C14H17F3N2O3S/c1-3-5-10(14(15,16)17)23-9(4-2)13(22)18-8-6-7-11(20)19-12(8)21/h4-5,8H,3,6-7H2,1-2H3,(H,18,22)(H,19,20,21)/b9-4-,10-5+. The second-order valence-corrected chi connectivity index (χ2v) is 5.79. The summed E-state index contributed by atoms with van der Waals surface area (Å²) in [5.41, 5.74) is 0. The molecule has 0 aliphatic carbocycles.